The molecule has 0 spiro atoms. The third kappa shape index (κ3) is 1.57. The van der Waals surface area contributed by atoms with Crippen LogP contribution in [0.15, 0.2) is 0 Å². The summed E-state index contributed by atoms with van der Waals surface area (Å²) in [5.41, 5.74) is 0.983. The topological polar surface area (TPSA) is 48.4 Å². The number of methoxy groups -OCH3 is 1. The van der Waals surface area contributed by atoms with Crippen molar-refractivity contribution in [1.29, 1.82) is 0 Å². The van der Waals surface area contributed by atoms with Crippen LogP contribution in [0.25, 0.3) is 0 Å². The summed E-state index contributed by atoms with van der Waals surface area (Å²) >= 11 is 1.36. The molecule has 0 fully saturated rings. The summed E-state index contributed by atoms with van der Waals surface area (Å²) in [4.78, 5) is 16.3. The number of fused-ring (bicyclic) bond motifs is 1. The molecule has 0 unspecified atom stereocenters. The summed E-state index contributed by atoms with van der Waals surface area (Å²) in [5.74, 6) is -0.362. The van der Waals surface area contributed by atoms with Gasteiger partial charge in [0.1, 0.15) is 0 Å². The fourth-order valence-corrected chi connectivity index (χ4v) is 2.16. The molecule has 5 heteroatoms. The van der Waals surface area contributed by atoms with Crippen LogP contribution in [0.3, 0.4) is 0 Å². The first-order valence-corrected chi connectivity index (χ1v) is 4.77. The quantitative estimate of drug-likeness (QED) is 0.633. The average molecular weight is 199 g/mol. The van der Waals surface area contributed by atoms with E-state index in [1.165, 1.54) is 18.4 Å². The Labute approximate surface area is 79.5 Å². The third-order valence-corrected chi connectivity index (χ3v) is 2.91. The Morgan fingerprint density at radius 2 is 2.54 bits per heavy atom. The van der Waals surface area contributed by atoms with E-state index in [9.17, 15) is 4.79 Å². The molecule has 1 aliphatic heterocycles. The van der Waals surface area contributed by atoms with E-state index in [1.54, 1.807) is 0 Å². The number of aromatic nitrogens is 1. The van der Waals surface area contributed by atoms with Crippen molar-refractivity contribution in [3.8, 4) is 0 Å². The first-order valence-electron chi connectivity index (χ1n) is 3.96. The molecule has 1 aromatic rings. The Morgan fingerprint density at radius 3 is 3.23 bits per heavy atom. The van der Waals surface area contributed by atoms with Gasteiger partial charge in [-0.2, -0.15) is 0 Å². The zero-order valence-electron chi connectivity index (χ0n) is 7.20. The van der Waals surface area contributed by atoms with E-state index in [2.05, 4.69) is 9.72 Å². The Morgan fingerprint density at radius 1 is 1.69 bits per heavy atom. The molecule has 0 radical (unpaired) electrons. The predicted molar refractivity (Wildman–Crippen MR) is 46.8 cm³/mol. The molecule has 0 N–H and O–H groups in total. The minimum Gasteiger partial charge on any atom is -0.464 e. The molecular weight excluding hydrogens is 190 g/mol. The van der Waals surface area contributed by atoms with Gasteiger partial charge in [-0.05, 0) is 0 Å². The standard InChI is InChI=1S/C8H9NO3S/c1-11-8(10)7-9-5-2-3-12-4-6(5)13-7/h2-4H2,1H3. The van der Waals surface area contributed by atoms with Crippen LogP contribution in [0, 0.1) is 0 Å². The lowest BCUT2D eigenvalue weighted by atomic mass is 10.2. The Kier molecular flexibility index (Phi) is 2.28. The minimum absolute atomic E-state index is 0.362. The van der Waals surface area contributed by atoms with Crippen molar-refractivity contribution in [1.82, 2.24) is 4.98 Å². The van der Waals surface area contributed by atoms with Crippen LogP contribution in [0.1, 0.15) is 20.4 Å². The van der Waals surface area contributed by atoms with Crippen molar-refractivity contribution in [3.63, 3.8) is 0 Å². The monoisotopic (exact) mass is 199 g/mol. The highest BCUT2D eigenvalue weighted by molar-refractivity contribution is 7.13. The van der Waals surface area contributed by atoms with Crippen molar-refractivity contribution < 1.29 is 14.3 Å². The zero-order valence-corrected chi connectivity index (χ0v) is 8.02. The number of hydrogen-bond acceptors (Lipinski definition) is 5. The molecule has 0 aromatic carbocycles. The van der Waals surface area contributed by atoms with Crippen LogP contribution in [0.2, 0.25) is 0 Å². The molecule has 4 nitrogen and oxygen atoms in total. The van der Waals surface area contributed by atoms with Gasteiger partial charge in [-0.15, -0.1) is 11.3 Å². The first-order chi connectivity index (χ1) is 6.31. The van der Waals surface area contributed by atoms with Crippen molar-refractivity contribution in [2.24, 2.45) is 0 Å². The summed E-state index contributed by atoms with van der Waals surface area (Å²) in [5, 5.41) is 0.429. The van der Waals surface area contributed by atoms with E-state index in [4.69, 9.17) is 4.74 Å². The van der Waals surface area contributed by atoms with Gasteiger partial charge in [-0.25, -0.2) is 9.78 Å². The largest absolute Gasteiger partial charge is 0.464 e. The van der Waals surface area contributed by atoms with E-state index in [1.807, 2.05) is 0 Å². The first kappa shape index (κ1) is 8.65. The van der Waals surface area contributed by atoms with Gasteiger partial charge in [0.2, 0.25) is 5.01 Å². The second-order valence-corrected chi connectivity index (χ2v) is 3.77. The molecule has 0 bridgehead atoms. The molecule has 1 aromatic heterocycles. The number of thiazole rings is 1. The smallest absolute Gasteiger partial charge is 0.367 e. The van der Waals surface area contributed by atoms with Crippen LogP contribution >= 0.6 is 11.3 Å². The number of esters is 1. The van der Waals surface area contributed by atoms with Crippen molar-refractivity contribution in [3.05, 3.63) is 15.6 Å². The molecule has 0 aliphatic carbocycles. The van der Waals surface area contributed by atoms with Gasteiger partial charge in [-0.3, -0.25) is 0 Å². The highest BCUT2D eigenvalue weighted by Gasteiger charge is 2.19. The maximum Gasteiger partial charge on any atom is 0.367 e. The summed E-state index contributed by atoms with van der Waals surface area (Å²) in [7, 11) is 1.36. The lowest BCUT2D eigenvalue weighted by Crippen LogP contribution is -2.07. The summed E-state index contributed by atoms with van der Waals surface area (Å²) in [6, 6.07) is 0. The third-order valence-electron chi connectivity index (χ3n) is 1.85. The van der Waals surface area contributed by atoms with Gasteiger partial charge in [-0.1, -0.05) is 0 Å². The average Bonchev–Trinajstić information content (AvgIpc) is 2.59. The molecule has 0 amide bonds. The summed E-state index contributed by atoms with van der Waals surface area (Å²) in [6.07, 6.45) is 0.794. The van der Waals surface area contributed by atoms with E-state index in [0.717, 1.165) is 17.0 Å². The second-order valence-electron chi connectivity index (χ2n) is 2.68. The van der Waals surface area contributed by atoms with Gasteiger partial charge < -0.3 is 9.47 Å². The fourth-order valence-electron chi connectivity index (χ4n) is 1.20. The highest BCUT2D eigenvalue weighted by atomic mass is 32.1. The van der Waals surface area contributed by atoms with Gasteiger partial charge in [0, 0.05) is 6.42 Å². The number of hydrogen-bond donors (Lipinski definition) is 0. The highest BCUT2D eigenvalue weighted by Crippen LogP contribution is 2.23. The maximum atomic E-state index is 11.1. The SMILES string of the molecule is COC(=O)c1nc2c(s1)COCC2. The van der Waals surface area contributed by atoms with Gasteiger partial charge in [0.15, 0.2) is 0 Å². The fraction of sp³-hybridized carbons (Fsp3) is 0.500. The van der Waals surface area contributed by atoms with Gasteiger partial charge in [0.05, 0.1) is 30.9 Å². The van der Waals surface area contributed by atoms with Crippen LogP contribution < -0.4 is 0 Å². The zero-order chi connectivity index (χ0) is 9.26. The molecular formula is C8H9NO3S. The normalized spacial score (nSPS) is 15.2. The number of carbonyl (C=O) groups is 1. The van der Waals surface area contributed by atoms with E-state index in [0.29, 0.717) is 18.2 Å². The number of rotatable bonds is 1. The minimum atomic E-state index is -0.362. The molecule has 1 aliphatic rings. The molecule has 70 valence electrons. The molecule has 0 saturated heterocycles. The Balaban J connectivity index is 2.30. The van der Waals surface area contributed by atoms with Crippen LogP contribution in [0.5, 0.6) is 0 Å². The van der Waals surface area contributed by atoms with Crippen LogP contribution in [-0.2, 0) is 22.5 Å². The summed E-state index contributed by atoms with van der Waals surface area (Å²) in [6.45, 7) is 1.27. The van der Waals surface area contributed by atoms with Gasteiger partial charge >= 0.3 is 5.97 Å². The Hall–Kier alpha value is -0.940. The molecule has 0 saturated carbocycles. The molecule has 13 heavy (non-hydrogen) atoms. The lowest BCUT2D eigenvalue weighted by Gasteiger charge is -2.08. The Bertz CT molecular complexity index is 311. The number of ether oxygens (including phenoxy) is 2. The number of nitrogens with zero attached hydrogens (tertiary/aromatic N) is 1. The van der Waals surface area contributed by atoms with Gasteiger partial charge in [0.25, 0.3) is 0 Å². The number of carbonyl (C=O) groups excluding carboxylic acids is 1. The van der Waals surface area contributed by atoms with E-state index >= 15 is 0 Å². The van der Waals surface area contributed by atoms with Crippen molar-refractivity contribution in [2.75, 3.05) is 13.7 Å². The molecule has 0 atom stereocenters. The van der Waals surface area contributed by atoms with E-state index in [-0.39, 0.29) is 5.97 Å². The van der Waals surface area contributed by atoms with Crippen LogP contribution in [-0.4, -0.2) is 24.7 Å². The maximum absolute atomic E-state index is 11.1. The summed E-state index contributed by atoms with van der Waals surface area (Å²) < 4.78 is 9.82. The van der Waals surface area contributed by atoms with Crippen molar-refractivity contribution >= 4 is 17.3 Å². The molecule has 2 rings (SSSR count). The van der Waals surface area contributed by atoms with Crippen LogP contribution in [0.4, 0.5) is 0 Å². The molecule has 2 heterocycles. The second kappa shape index (κ2) is 3.43. The predicted octanol–water partition coefficient (Wildman–Crippen LogP) is 1.00. The van der Waals surface area contributed by atoms with Crippen molar-refractivity contribution in [2.45, 2.75) is 13.0 Å². The lowest BCUT2D eigenvalue weighted by molar-refractivity contribution is 0.0599. The van der Waals surface area contributed by atoms with E-state index < -0.39 is 0 Å².